The molecule has 26 heavy (non-hydrogen) atoms. The van der Waals surface area contributed by atoms with Gasteiger partial charge in [0.15, 0.2) is 0 Å². The highest BCUT2D eigenvalue weighted by atomic mass is 16.5. The lowest BCUT2D eigenvalue weighted by Crippen LogP contribution is -2.47. The summed E-state index contributed by atoms with van der Waals surface area (Å²) in [6.45, 7) is 0.576. The van der Waals surface area contributed by atoms with Gasteiger partial charge in [-0.1, -0.05) is 54.6 Å². The van der Waals surface area contributed by atoms with E-state index in [2.05, 4.69) is 5.32 Å². The number of ether oxygens (including phenoxy) is 2. The minimum atomic E-state index is -0.781. The summed E-state index contributed by atoms with van der Waals surface area (Å²) in [5.74, 6) is -0.965. The molecule has 0 fully saturated rings. The molecule has 0 saturated carbocycles. The summed E-state index contributed by atoms with van der Waals surface area (Å²) in [7, 11) is 1.55. The molecular weight excluding hydrogens is 332 g/mol. The van der Waals surface area contributed by atoms with Gasteiger partial charge in [0.05, 0.1) is 13.2 Å². The maximum atomic E-state index is 11.9. The van der Waals surface area contributed by atoms with E-state index in [9.17, 15) is 9.59 Å². The van der Waals surface area contributed by atoms with E-state index < -0.39 is 11.9 Å². The Bertz CT molecular complexity index is 702. The van der Waals surface area contributed by atoms with E-state index in [1.807, 2.05) is 54.6 Å². The van der Waals surface area contributed by atoms with Gasteiger partial charge < -0.3 is 20.5 Å². The number of hydrogen-bond acceptors (Lipinski definition) is 4. The number of rotatable bonds is 10. The summed E-state index contributed by atoms with van der Waals surface area (Å²) < 4.78 is 9.97. The second-order valence-corrected chi connectivity index (χ2v) is 5.83. The predicted molar refractivity (Wildman–Crippen MR) is 99.4 cm³/mol. The van der Waals surface area contributed by atoms with Crippen LogP contribution in [-0.2, 0) is 25.5 Å². The van der Waals surface area contributed by atoms with Gasteiger partial charge in [-0.05, 0) is 16.7 Å². The van der Waals surface area contributed by atoms with Crippen molar-refractivity contribution in [3.63, 3.8) is 0 Å². The Hall–Kier alpha value is -2.70. The molecule has 2 aromatic carbocycles. The van der Waals surface area contributed by atoms with Gasteiger partial charge in [-0.3, -0.25) is 9.59 Å². The van der Waals surface area contributed by atoms with E-state index in [0.29, 0.717) is 19.6 Å². The highest BCUT2D eigenvalue weighted by Gasteiger charge is 2.18. The van der Waals surface area contributed by atoms with E-state index >= 15 is 0 Å². The number of carbonyl (C=O) groups is 2. The first-order chi connectivity index (χ1) is 12.6. The van der Waals surface area contributed by atoms with Crippen LogP contribution in [0.2, 0.25) is 0 Å². The summed E-state index contributed by atoms with van der Waals surface area (Å²) in [6, 6.07) is 17.0. The molecule has 1 atom stereocenters. The topological polar surface area (TPSA) is 90.7 Å². The summed E-state index contributed by atoms with van der Waals surface area (Å²) in [6.07, 6.45) is 0.328. The summed E-state index contributed by atoms with van der Waals surface area (Å²) >= 11 is 0. The minimum absolute atomic E-state index is 0.139. The molecule has 0 bridgehead atoms. The molecule has 0 unspecified atom stereocenters. The number of nitrogens with one attached hydrogen (secondary N) is 1. The van der Waals surface area contributed by atoms with E-state index in [4.69, 9.17) is 15.2 Å². The quantitative estimate of drug-likeness (QED) is 0.632. The van der Waals surface area contributed by atoms with Gasteiger partial charge in [0, 0.05) is 13.5 Å². The van der Waals surface area contributed by atoms with Crippen molar-refractivity contribution in [2.24, 2.45) is 5.73 Å². The number of carbonyl (C=O) groups excluding carboxylic acids is 2. The molecule has 2 aromatic rings. The van der Waals surface area contributed by atoms with Crippen LogP contribution in [0.5, 0.6) is 0 Å². The van der Waals surface area contributed by atoms with E-state index in [1.54, 1.807) is 7.11 Å². The smallest absolute Gasteiger partial charge is 0.246 e. The normalized spacial score (nSPS) is 11.7. The lowest BCUT2D eigenvalue weighted by molar-refractivity contribution is -0.130. The average Bonchev–Trinajstić information content (AvgIpc) is 2.66. The Morgan fingerprint density at radius 1 is 1.00 bits per heavy atom. The molecule has 0 aliphatic rings. The van der Waals surface area contributed by atoms with Gasteiger partial charge in [-0.25, -0.2) is 0 Å². The number of amides is 2. The molecule has 2 amide bonds. The molecule has 0 heterocycles. The molecular formula is C20H24N2O4. The number of nitrogens with two attached hydrogens (primary N) is 1. The third-order valence-corrected chi connectivity index (χ3v) is 3.84. The predicted octanol–water partition coefficient (Wildman–Crippen LogP) is 1.53. The van der Waals surface area contributed by atoms with Crippen molar-refractivity contribution >= 4 is 11.8 Å². The second kappa shape index (κ2) is 10.3. The van der Waals surface area contributed by atoms with Crippen molar-refractivity contribution in [1.82, 2.24) is 5.32 Å². The molecule has 0 aliphatic heterocycles. The lowest BCUT2D eigenvalue weighted by Gasteiger charge is -2.16. The van der Waals surface area contributed by atoms with Crippen LogP contribution in [-0.4, -0.2) is 44.8 Å². The average molecular weight is 356 g/mol. The third kappa shape index (κ3) is 6.31. The van der Waals surface area contributed by atoms with Gasteiger partial charge in [-0.15, -0.1) is 0 Å². The van der Waals surface area contributed by atoms with Gasteiger partial charge in [0.25, 0.3) is 0 Å². The van der Waals surface area contributed by atoms with Crippen LogP contribution in [0.25, 0.3) is 11.1 Å². The standard InChI is InChI=1S/C20H24N2O4/c1-25-11-12-26-14-19(23)22-18(20(21)24)13-15-7-9-17(10-8-15)16-5-3-2-4-6-16/h2-10,18H,11-14H2,1H3,(H2,21,24)(H,22,23)/t18-/m0/s1. The Kier molecular flexibility index (Phi) is 7.79. The lowest BCUT2D eigenvalue weighted by atomic mass is 10.0. The van der Waals surface area contributed by atoms with Gasteiger partial charge in [0.2, 0.25) is 11.8 Å². The zero-order valence-electron chi connectivity index (χ0n) is 14.8. The molecule has 3 N–H and O–H groups in total. The molecule has 0 radical (unpaired) electrons. The first-order valence-electron chi connectivity index (χ1n) is 8.40. The molecule has 0 aromatic heterocycles. The number of hydrogen-bond donors (Lipinski definition) is 2. The maximum absolute atomic E-state index is 11.9. The molecule has 6 heteroatoms. The second-order valence-electron chi connectivity index (χ2n) is 5.83. The molecule has 2 rings (SSSR count). The summed E-state index contributed by atoms with van der Waals surface area (Å²) in [5.41, 5.74) is 8.53. The van der Waals surface area contributed by atoms with Crippen LogP contribution in [0.15, 0.2) is 54.6 Å². The molecule has 0 saturated heterocycles. The van der Waals surface area contributed by atoms with Gasteiger partial charge in [0.1, 0.15) is 12.6 Å². The van der Waals surface area contributed by atoms with E-state index in [-0.39, 0.29) is 12.5 Å². The fourth-order valence-electron chi connectivity index (χ4n) is 2.47. The van der Waals surface area contributed by atoms with Crippen molar-refractivity contribution in [3.8, 4) is 11.1 Å². The number of methoxy groups -OCH3 is 1. The Balaban J connectivity index is 1.92. The summed E-state index contributed by atoms with van der Waals surface area (Å²) in [4.78, 5) is 23.5. The molecule has 0 aliphatic carbocycles. The SMILES string of the molecule is COCCOCC(=O)N[C@@H](Cc1ccc(-c2ccccc2)cc1)C(N)=O. The zero-order chi connectivity index (χ0) is 18.8. The van der Waals surface area contributed by atoms with Crippen LogP contribution in [0, 0.1) is 0 Å². The molecule has 138 valence electrons. The van der Waals surface area contributed by atoms with Crippen molar-refractivity contribution in [2.75, 3.05) is 26.9 Å². The Labute approximate surface area is 153 Å². The molecule has 6 nitrogen and oxygen atoms in total. The minimum Gasteiger partial charge on any atom is -0.382 e. The van der Waals surface area contributed by atoms with Crippen LogP contribution in [0.4, 0.5) is 0 Å². The maximum Gasteiger partial charge on any atom is 0.246 e. The highest BCUT2D eigenvalue weighted by molar-refractivity contribution is 5.87. The van der Waals surface area contributed by atoms with Crippen molar-refractivity contribution in [2.45, 2.75) is 12.5 Å². The Morgan fingerprint density at radius 3 is 2.27 bits per heavy atom. The summed E-state index contributed by atoms with van der Waals surface area (Å²) in [5, 5.41) is 2.61. The van der Waals surface area contributed by atoms with Gasteiger partial charge >= 0.3 is 0 Å². The fourth-order valence-corrected chi connectivity index (χ4v) is 2.47. The number of primary amides is 1. The first-order valence-corrected chi connectivity index (χ1v) is 8.40. The van der Waals surface area contributed by atoms with Crippen molar-refractivity contribution in [1.29, 1.82) is 0 Å². The van der Waals surface area contributed by atoms with Crippen LogP contribution in [0.3, 0.4) is 0 Å². The first kappa shape index (κ1) is 19.6. The van der Waals surface area contributed by atoms with Crippen LogP contribution in [0.1, 0.15) is 5.56 Å². The van der Waals surface area contributed by atoms with Gasteiger partial charge in [-0.2, -0.15) is 0 Å². The van der Waals surface area contributed by atoms with Crippen molar-refractivity contribution in [3.05, 3.63) is 60.2 Å². The van der Waals surface area contributed by atoms with E-state index in [1.165, 1.54) is 0 Å². The zero-order valence-corrected chi connectivity index (χ0v) is 14.8. The Morgan fingerprint density at radius 2 is 1.65 bits per heavy atom. The van der Waals surface area contributed by atoms with Crippen LogP contribution < -0.4 is 11.1 Å². The highest BCUT2D eigenvalue weighted by Crippen LogP contribution is 2.19. The van der Waals surface area contributed by atoms with Crippen LogP contribution >= 0.6 is 0 Å². The van der Waals surface area contributed by atoms with E-state index in [0.717, 1.165) is 16.7 Å². The largest absolute Gasteiger partial charge is 0.382 e. The monoisotopic (exact) mass is 356 g/mol. The molecule has 0 spiro atoms. The number of benzene rings is 2. The third-order valence-electron chi connectivity index (χ3n) is 3.84. The van der Waals surface area contributed by atoms with Crippen molar-refractivity contribution < 1.29 is 19.1 Å². The fraction of sp³-hybridized carbons (Fsp3) is 0.300.